The van der Waals surface area contributed by atoms with Crippen molar-refractivity contribution in [3.8, 4) is 0 Å². The number of hydrogen-bond donors (Lipinski definition) is 1. The molecule has 2 heterocycles. The molecule has 26 heavy (non-hydrogen) atoms. The molecule has 0 spiro atoms. The lowest BCUT2D eigenvalue weighted by molar-refractivity contribution is 0.0950. The van der Waals surface area contributed by atoms with Crippen LogP contribution in [0, 0.1) is 6.92 Å². The molecule has 4 rings (SSSR count). The van der Waals surface area contributed by atoms with Crippen molar-refractivity contribution >= 4 is 16.9 Å². The molecule has 1 fully saturated rings. The summed E-state index contributed by atoms with van der Waals surface area (Å²) in [5.41, 5.74) is 4.52. The van der Waals surface area contributed by atoms with Gasteiger partial charge in [-0.1, -0.05) is 37.1 Å². The van der Waals surface area contributed by atoms with Crippen molar-refractivity contribution in [1.29, 1.82) is 0 Å². The third-order valence-electron chi connectivity index (χ3n) is 5.28. The fourth-order valence-corrected chi connectivity index (χ4v) is 3.77. The Morgan fingerprint density at radius 1 is 1.15 bits per heavy atom. The smallest absolute Gasteiger partial charge is 0.253 e. The number of hydrogen-bond acceptors (Lipinski definition) is 3. The van der Waals surface area contributed by atoms with Gasteiger partial charge in [-0.2, -0.15) is 0 Å². The fourth-order valence-electron chi connectivity index (χ4n) is 3.77. The minimum Gasteiger partial charge on any atom is -0.348 e. The number of carbonyl (C=O) groups is 1. The standard InChI is InChI=1S/C22H23N3O/c1-15-20(13-19-7-4-12-23-21(19)25-15)22(26)24-14-16-8-10-18(11-9-16)17-5-2-3-6-17/h4,7-13,17H,2-3,5-6,14H2,1H3,(H,24,26). The SMILES string of the molecule is Cc1nc2ncccc2cc1C(=O)NCc1ccc(C2CCCC2)cc1. The maximum Gasteiger partial charge on any atom is 0.253 e. The predicted molar refractivity (Wildman–Crippen MR) is 103 cm³/mol. The van der Waals surface area contributed by atoms with E-state index in [2.05, 4.69) is 39.6 Å². The molecule has 4 heteroatoms. The van der Waals surface area contributed by atoms with Crippen LogP contribution in [0.2, 0.25) is 0 Å². The van der Waals surface area contributed by atoms with Gasteiger partial charge in [-0.3, -0.25) is 4.79 Å². The van der Waals surface area contributed by atoms with E-state index in [0.717, 1.165) is 16.9 Å². The number of carbonyl (C=O) groups excluding carboxylic acids is 1. The summed E-state index contributed by atoms with van der Waals surface area (Å²) in [4.78, 5) is 21.3. The molecule has 1 saturated carbocycles. The molecule has 1 amide bonds. The van der Waals surface area contributed by atoms with Crippen LogP contribution in [0.5, 0.6) is 0 Å². The molecule has 0 atom stereocenters. The Labute approximate surface area is 153 Å². The quantitative estimate of drug-likeness (QED) is 0.756. The van der Waals surface area contributed by atoms with E-state index < -0.39 is 0 Å². The molecule has 1 aromatic carbocycles. The summed E-state index contributed by atoms with van der Waals surface area (Å²) < 4.78 is 0. The molecule has 4 nitrogen and oxygen atoms in total. The van der Waals surface area contributed by atoms with Crippen LogP contribution >= 0.6 is 0 Å². The minimum atomic E-state index is -0.0966. The van der Waals surface area contributed by atoms with Gasteiger partial charge >= 0.3 is 0 Å². The topological polar surface area (TPSA) is 54.9 Å². The molecule has 0 bridgehead atoms. The molecule has 2 aromatic heterocycles. The third kappa shape index (κ3) is 3.45. The number of pyridine rings is 2. The summed E-state index contributed by atoms with van der Waals surface area (Å²) in [6, 6.07) is 14.3. The van der Waals surface area contributed by atoms with Crippen LogP contribution in [0.15, 0.2) is 48.7 Å². The van der Waals surface area contributed by atoms with Gasteiger partial charge < -0.3 is 5.32 Å². The minimum absolute atomic E-state index is 0.0966. The van der Waals surface area contributed by atoms with Gasteiger partial charge in [0.05, 0.1) is 11.3 Å². The van der Waals surface area contributed by atoms with E-state index in [4.69, 9.17) is 0 Å². The molecule has 1 aliphatic carbocycles. The van der Waals surface area contributed by atoms with Gasteiger partial charge in [0.25, 0.3) is 5.91 Å². The summed E-state index contributed by atoms with van der Waals surface area (Å²) in [6.07, 6.45) is 7.01. The number of aryl methyl sites for hydroxylation is 1. The van der Waals surface area contributed by atoms with Crippen molar-refractivity contribution in [2.75, 3.05) is 0 Å². The van der Waals surface area contributed by atoms with Crippen molar-refractivity contribution in [3.63, 3.8) is 0 Å². The number of amides is 1. The maximum atomic E-state index is 12.6. The lowest BCUT2D eigenvalue weighted by Crippen LogP contribution is -2.24. The summed E-state index contributed by atoms with van der Waals surface area (Å²) in [7, 11) is 0. The van der Waals surface area contributed by atoms with Crippen molar-refractivity contribution in [2.45, 2.75) is 45.1 Å². The van der Waals surface area contributed by atoms with Gasteiger partial charge in [0.2, 0.25) is 0 Å². The van der Waals surface area contributed by atoms with Crippen LogP contribution in [0.1, 0.15) is 58.8 Å². The van der Waals surface area contributed by atoms with Crippen molar-refractivity contribution < 1.29 is 4.79 Å². The molecular weight excluding hydrogens is 322 g/mol. The lowest BCUT2D eigenvalue weighted by Gasteiger charge is -2.11. The summed E-state index contributed by atoms with van der Waals surface area (Å²) in [6.45, 7) is 2.37. The second kappa shape index (κ2) is 7.24. The van der Waals surface area contributed by atoms with Gasteiger partial charge in [0.15, 0.2) is 5.65 Å². The Hall–Kier alpha value is -2.75. The summed E-state index contributed by atoms with van der Waals surface area (Å²) >= 11 is 0. The van der Waals surface area contributed by atoms with Crippen LogP contribution in [0.4, 0.5) is 0 Å². The third-order valence-corrected chi connectivity index (χ3v) is 5.28. The van der Waals surface area contributed by atoms with Gasteiger partial charge in [0, 0.05) is 18.1 Å². The van der Waals surface area contributed by atoms with Gasteiger partial charge in [0.1, 0.15) is 0 Å². The van der Waals surface area contributed by atoms with Gasteiger partial charge in [-0.25, -0.2) is 9.97 Å². The van der Waals surface area contributed by atoms with Crippen LogP contribution in [-0.4, -0.2) is 15.9 Å². The zero-order chi connectivity index (χ0) is 17.9. The number of aromatic nitrogens is 2. The monoisotopic (exact) mass is 345 g/mol. The number of rotatable bonds is 4. The molecule has 132 valence electrons. The van der Waals surface area contributed by atoms with Crippen LogP contribution in [-0.2, 0) is 6.54 Å². The first-order valence-corrected chi connectivity index (χ1v) is 9.30. The second-order valence-corrected chi connectivity index (χ2v) is 7.08. The zero-order valence-electron chi connectivity index (χ0n) is 15.0. The highest BCUT2D eigenvalue weighted by molar-refractivity contribution is 5.98. The zero-order valence-corrected chi connectivity index (χ0v) is 15.0. The van der Waals surface area contributed by atoms with Gasteiger partial charge in [-0.15, -0.1) is 0 Å². The summed E-state index contributed by atoms with van der Waals surface area (Å²) in [5, 5.41) is 3.89. The summed E-state index contributed by atoms with van der Waals surface area (Å²) in [5.74, 6) is 0.624. The highest BCUT2D eigenvalue weighted by Gasteiger charge is 2.17. The average molecular weight is 345 g/mol. The average Bonchev–Trinajstić information content (AvgIpc) is 3.21. The fraction of sp³-hybridized carbons (Fsp3) is 0.318. The van der Waals surface area contributed by atoms with E-state index in [1.165, 1.54) is 31.2 Å². The lowest BCUT2D eigenvalue weighted by atomic mass is 9.97. The highest BCUT2D eigenvalue weighted by atomic mass is 16.1. The molecule has 3 aromatic rings. The Kier molecular flexibility index (Phi) is 4.65. The first-order valence-electron chi connectivity index (χ1n) is 9.30. The Balaban J connectivity index is 1.44. The maximum absolute atomic E-state index is 12.6. The number of benzene rings is 1. The van der Waals surface area contributed by atoms with E-state index in [1.54, 1.807) is 6.20 Å². The van der Waals surface area contributed by atoms with Crippen LogP contribution in [0.3, 0.4) is 0 Å². The molecule has 1 N–H and O–H groups in total. The first-order chi connectivity index (χ1) is 12.7. The predicted octanol–water partition coefficient (Wildman–Crippen LogP) is 4.53. The number of nitrogens with one attached hydrogen (secondary N) is 1. The molecular formula is C22H23N3O. The van der Waals surface area contributed by atoms with Crippen molar-refractivity contribution in [2.24, 2.45) is 0 Å². The largest absolute Gasteiger partial charge is 0.348 e. The number of fused-ring (bicyclic) bond motifs is 1. The van der Waals surface area contributed by atoms with Gasteiger partial charge in [-0.05, 0) is 55.0 Å². The molecule has 0 unspecified atom stereocenters. The normalized spacial score (nSPS) is 14.7. The number of nitrogens with zero attached hydrogens (tertiary/aromatic N) is 2. The van der Waals surface area contributed by atoms with E-state index >= 15 is 0 Å². The molecule has 0 aliphatic heterocycles. The van der Waals surface area contributed by atoms with Crippen LogP contribution < -0.4 is 5.32 Å². The molecule has 1 aliphatic rings. The van der Waals surface area contributed by atoms with Crippen LogP contribution in [0.25, 0.3) is 11.0 Å². The van der Waals surface area contributed by atoms with Crippen molar-refractivity contribution in [1.82, 2.24) is 15.3 Å². The van der Waals surface area contributed by atoms with E-state index in [0.29, 0.717) is 23.4 Å². The Bertz CT molecular complexity index is 928. The molecule has 0 saturated heterocycles. The van der Waals surface area contributed by atoms with E-state index in [9.17, 15) is 4.79 Å². The Morgan fingerprint density at radius 3 is 2.69 bits per heavy atom. The Morgan fingerprint density at radius 2 is 1.92 bits per heavy atom. The highest BCUT2D eigenvalue weighted by Crippen LogP contribution is 2.33. The van der Waals surface area contributed by atoms with E-state index in [1.807, 2.05) is 25.1 Å². The van der Waals surface area contributed by atoms with E-state index in [-0.39, 0.29) is 5.91 Å². The van der Waals surface area contributed by atoms with Crippen molar-refractivity contribution in [3.05, 3.63) is 71.0 Å². The first kappa shape index (κ1) is 16.7. The molecule has 0 radical (unpaired) electrons. The second-order valence-electron chi connectivity index (χ2n) is 7.08.